The molecule has 0 heterocycles. The Bertz CT molecular complexity index is 184. The summed E-state index contributed by atoms with van der Waals surface area (Å²) in [6.07, 6.45) is 3.28. The van der Waals surface area contributed by atoms with Gasteiger partial charge in [0.2, 0.25) is 0 Å². The molecule has 0 aromatic heterocycles. The van der Waals surface area contributed by atoms with E-state index in [1.807, 2.05) is 20.8 Å². The van der Waals surface area contributed by atoms with Gasteiger partial charge in [-0.15, -0.1) is 0 Å². The maximum absolute atomic E-state index is 11.6. The molecule has 0 aliphatic heterocycles. The Kier molecular flexibility index (Phi) is 3.12. The van der Waals surface area contributed by atoms with E-state index in [2.05, 4.69) is 0 Å². The second-order valence-electron chi connectivity index (χ2n) is 4.83. The summed E-state index contributed by atoms with van der Waals surface area (Å²) >= 11 is 0. The lowest BCUT2D eigenvalue weighted by atomic mass is 9.76. The molecule has 2 heteroatoms. The van der Waals surface area contributed by atoms with Gasteiger partial charge in [0.1, 0.15) is 5.78 Å². The minimum Gasteiger partial charge on any atom is -0.390 e. The van der Waals surface area contributed by atoms with E-state index in [4.69, 9.17) is 0 Å². The van der Waals surface area contributed by atoms with E-state index in [1.54, 1.807) is 0 Å². The zero-order valence-electron chi connectivity index (χ0n) is 8.84. The summed E-state index contributed by atoms with van der Waals surface area (Å²) in [5.41, 5.74) is -0.520. The Hall–Kier alpha value is -0.370. The average molecular weight is 184 g/mol. The van der Waals surface area contributed by atoms with Crippen LogP contribution in [0.25, 0.3) is 0 Å². The predicted molar refractivity (Wildman–Crippen MR) is 52.4 cm³/mol. The van der Waals surface area contributed by atoms with Gasteiger partial charge in [-0.25, -0.2) is 0 Å². The highest BCUT2D eigenvalue weighted by atomic mass is 16.3. The van der Waals surface area contributed by atoms with Gasteiger partial charge in [0.25, 0.3) is 0 Å². The molecule has 1 fully saturated rings. The van der Waals surface area contributed by atoms with Crippen LogP contribution in [0.15, 0.2) is 0 Å². The van der Waals surface area contributed by atoms with Gasteiger partial charge in [-0.3, -0.25) is 4.79 Å². The number of hydrogen-bond acceptors (Lipinski definition) is 2. The molecule has 0 amide bonds. The number of ketones is 1. The van der Waals surface area contributed by atoms with Crippen molar-refractivity contribution in [3.63, 3.8) is 0 Å². The van der Waals surface area contributed by atoms with Gasteiger partial charge in [0, 0.05) is 11.8 Å². The number of Topliss-reactive ketones (excluding diaryl/α,β-unsaturated/α-hetero) is 1. The number of rotatable bonds is 2. The number of carbonyl (C=O) groups excluding carboxylic acids is 1. The van der Waals surface area contributed by atoms with Crippen molar-refractivity contribution < 1.29 is 9.90 Å². The minimum atomic E-state index is -0.520. The molecule has 76 valence electrons. The molecule has 0 bridgehead atoms. The maximum Gasteiger partial charge on any atom is 0.138 e. The van der Waals surface area contributed by atoms with Crippen LogP contribution in [0.3, 0.4) is 0 Å². The second kappa shape index (κ2) is 3.79. The largest absolute Gasteiger partial charge is 0.390 e. The average Bonchev–Trinajstić information content (AvgIpc) is 2.03. The number of hydrogen-bond donors (Lipinski definition) is 1. The summed E-state index contributed by atoms with van der Waals surface area (Å²) in [6.45, 7) is 5.77. The van der Waals surface area contributed by atoms with E-state index < -0.39 is 5.60 Å². The van der Waals surface area contributed by atoms with Crippen LogP contribution in [0, 0.1) is 11.8 Å². The molecular weight excluding hydrogens is 164 g/mol. The monoisotopic (exact) mass is 184 g/mol. The lowest BCUT2D eigenvalue weighted by molar-refractivity contribution is -0.128. The Balaban J connectivity index is 2.46. The fourth-order valence-electron chi connectivity index (χ4n) is 2.00. The first-order valence-corrected chi connectivity index (χ1v) is 5.18. The zero-order valence-corrected chi connectivity index (χ0v) is 8.84. The molecular formula is C11H20O2. The lowest BCUT2D eigenvalue weighted by Crippen LogP contribution is -2.34. The van der Waals surface area contributed by atoms with E-state index in [9.17, 15) is 9.90 Å². The summed E-state index contributed by atoms with van der Waals surface area (Å²) in [4.78, 5) is 11.6. The topological polar surface area (TPSA) is 37.3 Å². The molecule has 0 unspecified atom stereocenters. The Morgan fingerprint density at radius 1 is 1.38 bits per heavy atom. The number of aliphatic hydroxyl groups is 1. The molecule has 1 saturated carbocycles. The van der Waals surface area contributed by atoms with Gasteiger partial charge in [0.15, 0.2) is 0 Å². The van der Waals surface area contributed by atoms with Gasteiger partial charge in [-0.2, -0.15) is 0 Å². The van der Waals surface area contributed by atoms with Crippen LogP contribution >= 0.6 is 0 Å². The second-order valence-corrected chi connectivity index (χ2v) is 4.83. The third-order valence-electron chi connectivity index (χ3n) is 3.03. The van der Waals surface area contributed by atoms with Crippen molar-refractivity contribution in [2.24, 2.45) is 11.8 Å². The molecule has 0 aromatic carbocycles. The Morgan fingerprint density at radius 3 is 2.23 bits per heavy atom. The van der Waals surface area contributed by atoms with Gasteiger partial charge >= 0.3 is 0 Å². The van der Waals surface area contributed by atoms with Crippen molar-refractivity contribution in [2.75, 3.05) is 0 Å². The molecule has 0 atom stereocenters. The third kappa shape index (κ3) is 2.80. The van der Waals surface area contributed by atoms with Gasteiger partial charge in [0.05, 0.1) is 5.60 Å². The van der Waals surface area contributed by atoms with Crippen LogP contribution in [0.1, 0.15) is 46.5 Å². The van der Waals surface area contributed by atoms with E-state index >= 15 is 0 Å². The molecule has 1 N–H and O–H groups in total. The molecule has 1 rings (SSSR count). The SMILES string of the molecule is CC(C)C(=O)C1CCC(C)(O)CC1. The van der Waals surface area contributed by atoms with Gasteiger partial charge in [-0.05, 0) is 32.6 Å². The van der Waals surface area contributed by atoms with Crippen LogP contribution in [0.4, 0.5) is 0 Å². The maximum atomic E-state index is 11.6. The smallest absolute Gasteiger partial charge is 0.138 e. The minimum absolute atomic E-state index is 0.146. The van der Waals surface area contributed by atoms with Gasteiger partial charge < -0.3 is 5.11 Å². The summed E-state index contributed by atoms with van der Waals surface area (Å²) < 4.78 is 0. The lowest BCUT2D eigenvalue weighted by Gasteiger charge is -2.32. The normalized spacial score (nSPS) is 35.0. The standard InChI is InChI=1S/C11H20O2/c1-8(2)10(12)9-4-6-11(3,13)7-5-9/h8-9,13H,4-7H2,1-3H3. The van der Waals surface area contributed by atoms with E-state index in [0.29, 0.717) is 5.78 Å². The van der Waals surface area contributed by atoms with Crippen molar-refractivity contribution in [3.8, 4) is 0 Å². The zero-order chi connectivity index (χ0) is 10.1. The first kappa shape index (κ1) is 10.7. The molecule has 13 heavy (non-hydrogen) atoms. The van der Waals surface area contributed by atoms with E-state index in [0.717, 1.165) is 25.7 Å². The fraction of sp³-hybridized carbons (Fsp3) is 0.909. The quantitative estimate of drug-likeness (QED) is 0.714. The molecule has 2 nitrogen and oxygen atoms in total. The highest BCUT2D eigenvalue weighted by Crippen LogP contribution is 2.33. The van der Waals surface area contributed by atoms with Crippen molar-refractivity contribution >= 4 is 5.78 Å². The molecule has 0 saturated heterocycles. The van der Waals surface area contributed by atoms with Crippen molar-refractivity contribution in [3.05, 3.63) is 0 Å². The van der Waals surface area contributed by atoms with E-state index in [1.165, 1.54) is 0 Å². The van der Waals surface area contributed by atoms with Crippen LogP contribution < -0.4 is 0 Å². The van der Waals surface area contributed by atoms with Crippen molar-refractivity contribution in [2.45, 2.75) is 52.1 Å². The third-order valence-corrected chi connectivity index (χ3v) is 3.03. The van der Waals surface area contributed by atoms with Crippen molar-refractivity contribution in [1.82, 2.24) is 0 Å². The van der Waals surface area contributed by atoms with Crippen LogP contribution in [0.5, 0.6) is 0 Å². The highest BCUT2D eigenvalue weighted by molar-refractivity contribution is 5.82. The first-order valence-electron chi connectivity index (χ1n) is 5.18. The Morgan fingerprint density at radius 2 is 1.85 bits per heavy atom. The summed E-state index contributed by atoms with van der Waals surface area (Å²) in [5, 5.41) is 9.70. The van der Waals surface area contributed by atoms with Crippen LogP contribution in [-0.2, 0) is 4.79 Å². The molecule has 1 aliphatic rings. The van der Waals surface area contributed by atoms with E-state index in [-0.39, 0.29) is 11.8 Å². The first-order chi connectivity index (χ1) is 5.92. The van der Waals surface area contributed by atoms with Crippen LogP contribution in [0.2, 0.25) is 0 Å². The highest BCUT2D eigenvalue weighted by Gasteiger charge is 2.32. The summed E-state index contributed by atoms with van der Waals surface area (Å²) in [7, 11) is 0. The molecule has 0 aromatic rings. The Labute approximate surface area is 80.3 Å². The molecule has 0 radical (unpaired) electrons. The number of carbonyl (C=O) groups is 1. The summed E-state index contributed by atoms with van der Waals surface area (Å²) in [5.74, 6) is 0.726. The summed E-state index contributed by atoms with van der Waals surface area (Å²) in [6, 6.07) is 0. The predicted octanol–water partition coefficient (Wildman–Crippen LogP) is 2.15. The van der Waals surface area contributed by atoms with Crippen LogP contribution in [-0.4, -0.2) is 16.5 Å². The van der Waals surface area contributed by atoms with Gasteiger partial charge in [-0.1, -0.05) is 13.8 Å². The molecule has 0 spiro atoms. The van der Waals surface area contributed by atoms with Crippen molar-refractivity contribution in [1.29, 1.82) is 0 Å². The molecule has 1 aliphatic carbocycles. The fourth-order valence-corrected chi connectivity index (χ4v) is 2.00.